The number of methoxy groups -OCH3 is 1. The number of carbonyl (C=O) groups excluding carboxylic acids is 1. The van der Waals surface area contributed by atoms with E-state index in [9.17, 15) is 13.2 Å². The number of rotatable bonds is 6. The van der Waals surface area contributed by atoms with Crippen LogP contribution in [0, 0.1) is 20.8 Å². The van der Waals surface area contributed by atoms with E-state index in [4.69, 9.17) is 4.74 Å². The highest BCUT2D eigenvalue weighted by Gasteiger charge is 2.29. The topological polar surface area (TPSA) is 75.7 Å². The lowest BCUT2D eigenvalue weighted by atomic mass is 9.96. The third-order valence-electron chi connectivity index (χ3n) is 6.31. The van der Waals surface area contributed by atoms with E-state index in [1.54, 1.807) is 12.1 Å². The molecule has 0 aliphatic carbocycles. The van der Waals surface area contributed by atoms with Crippen LogP contribution < -0.4 is 10.1 Å². The van der Waals surface area contributed by atoms with Gasteiger partial charge in [-0.1, -0.05) is 25.0 Å². The number of hydrogen-bond donors (Lipinski definition) is 1. The summed E-state index contributed by atoms with van der Waals surface area (Å²) in [6.07, 6.45) is 3.74. The summed E-state index contributed by atoms with van der Waals surface area (Å²) in [6.45, 7) is 9.07. The molecule has 0 spiro atoms. The molecular weight excluding hydrogens is 424 g/mol. The maximum atomic E-state index is 13.4. The van der Waals surface area contributed by atoms with Crippen LogP contribution in [0.25, 0.3) is 0 Å². The second-order valence-corrected chi connectivity index (χ2v) is 10.6. The first-order valence-electron chi connectivity index (χ1n) is 11.2. The van der Waals surface area contributed by atoms with Crippen molar-refractivity contribution in [1.29, 1.82) is 0 Å². The van der Waals surface area contributed by atoms with Crippen molar-refractivity contribution in [2.75, 3.05) is 20.2 Å². The van der Waals surface area contributed by atoms with E-state index in [1.807, 2.05) is 13.8 Å². The first-order valence-corrected chi connectivity index (χ1v) is 12.7. The third kappa shape index (κ3) is 5.15. The van der Waals surface area contributed by atoms with Crippen molar-refractivity contribution >= 4 is 15.9 Å². The minimum Gasteiger partial charge on any atom is -0.495 e. The molecule has 7 heteroatoms. The Morgan fingerprint density at radius 3 is 2.22 bits per heavy atom. The Morgan fingerprint density at radius 1 is 0.969 bits per heavy atom. The van der Waals surface area contributed by atoms with E-state index in [0.717, 1.165) is 36.8 Å². The highest BCUT2D eigenvalue weighted by atomic mass is 32.2. The molecule has 174 valence electrons. The van der Waals surface area contributed by atoms with Gasteiger partial charge >= 0.3 is 0 Å². The standard InChI is InChI=1S/C25H34N2O4S/c1-17-14-19(3)22(15-18(17)2)20(4)26-25(28)21-10-11-23(31-5)24(16-21)32(29,30)27-12-8-6-7-9-13-27/h10-11,14-16,20H,6-9,12-13H2,1-5H3,(H,26,28)/t20-/m1/s1. The van der Waals surface area contributed by atoms with Crippen LogP contribution in [0.3, 0.4) is 0 Å². The molecule has 6 nitrogen and oxygen atoms in total. The number of amides is 1. The van der Waals surface area contributed by atoms with Crippen molar-refractivity contribution in [2.24, 2.45) is 0 Å². The van der Waals surface area contributed by atoms with Gasteiger partial charge in [-0.2, -0.15) is 4.31 Å². The van der Waals surface area contributed by atoms with Crippen LogP contribution in [0.4, 0.5) is 0 Å². The van der Waals surface area contributed by atoms with Gasteiger partial charge in [0.05, 0.1) is 13.2 Å². The number of nitrogens with zero attached hydrogens (tertiary/aromatic N) is 1. The number of nitrogens with one attached hydrogen (secondary N) is 1. The maximum Gasteiger partial charge on any atom is 0.251 e. The van der Waals surface area contributed by atoms with Crippen molar-refractivity contribution in [2.45, 2.75) is 64.3 Å². The van der Waals surface area contributed by atoms with Crippen molar-refractivity contribution in [3.8, 4) is 5.75 Å². The van der Waals surface area contributed by atoms with E-state index in [1.165, 1.54) is 28.6 Å². The van der Waals surface area contributed by atoms with Crippen molar-refractivity contribution in [1.82, 2.24) is 9.62 Å². The SMILES string of the molecule is COc1ccc(C(=O)N[C@H](C)c2cc(C)c(C)cc2C)cc1S(=O)(=O)N1CCCCCC1. The molecule has 2 aromatic carbocycles. The zero-order valence-corrected chi connectivity index (χ0v) is 20.5. The van der Waals surface area contributed by atoms with Crippen molar-refractivity contribution in [3.05, 3.63) is 58.1 Å². The molecule has 0 saturated carbocycles. The normalized spacial score (nSPS) is 16.3. The van der Waals surface area contributed by atoms with Gasteiger partial charge in [-0.25, -0.2) is 8.42 Å². The fourth-order valence-electron chi connectivity index (χ4n) is 4.25. The largest absolute Gasteiger partial charge is 0.495 e. The maximum absolute atomic E-state index is 13.4. The molecule has 1 aliphatic heterocycles. The first kappa shape index (κ1) is 24.3. The minimum atomic E-state index is -3.75. The Hall–Kier alpha value is -2.38. The van der Waals surface area contributed by atoms with Gasteiger partial charge in [-0.3, -0.25) is 4.79 Å². The minimum absolute atomic E-state index is 0.0459. The van der Waals surface area contributed by atoms with Crippen LogP contribution >= 0.6 is 0 Å². The molecule has 3 rings (SSSR count). The van der Waals surface area contributed by atoms with Gasteiger partial charge in [0.15, 0.2) is 0 Å². The van der Waals surface area contributed by atoms with Gasteiger partial charge in [-0.05, 0) is 81.0 Å². The predicted octanol–water partition coefficient (Wildman–Crippen LogP) is 4.68. The van der Waals surface area contributed by atoms with Crippen LogP contribution in [0.15, 0.2) is 35.2 Å². The van der Waals surface area contributed by atoms with Crippen molar-refractivity contribution < 1.29 is 17.9 Å². The Labute approximate surface area is 192 Å². The molecule has 1 N–H and O–H groups in total. The Morgan fingerprint density at radius 2 is 1.59 bits per heavy atom. The lowest BCUT2D eigenvalue weighted by Gasteiger charge is -2.22. The smallest absolute Gasteiger partial charge is 0.251 e. The Bertz CT molecular complexity index is 1090. The number of aryl methyl sites for hydroxylation is 3. The molecule has 1 fully saturated rings. The Balaban J connectivity index is 1.89. The van der Waals surface area contributed by atoms with Crippen molar-refractivity contribution in [3.63, 3.8) is 0 Å². The summed E-state index contributed by atoms with van der Waals surface area (Å²) in [4.78, 5) is 13.1. The second-order valence-electron chi connectivity index (χ2n) is 8.67. The fraction of sp³-hybridized carbons (Fsp3) is 0.480. The molecule has 0 radical (unpaired) electrons. The number of carbonyl (C=O) groups is 1. The van der Waals surface area contributed by atoms with E-state index in [2.05, 4.69) is 31.3 Å². The quantitative estimate of drug-likeness (QED) is 0.682. The van der Waals surface area contributed by atoms with Crippen LogP contribution in [0.1, 0.15) is 71.3 Å². The van der Waals surface area contributed by atoms with Crippen LogP contribution in [0.5, 0.6) is 5.75 Å². The monoisotopic (exact) mass is 458 g/mol. The van der Waals surface area contributed by atoms with E-state index >= 15 is 0 Å². The Kier molecular flexibility index (Phi) is 7.62. The van der Waals surface area contributed by atoms with Gasteiger partial charge in [0.2, 0.25) is 10.0 Å². The summed E-state index contributed by atoms with van der Waals surface area (Å²) in [7, 11) is -2.31. The van der Waals surface area contributed by atoms with Gasteiger partial charge in [0.1, 0.15) is 10.6 Å². The predicted molar refractivity (Wildman–Crippen MR) is 127 cm³/mol. The zero-order chi connectivity index (χ0) is 23.5. The molecule has 1 amide bonds. The number of benzene rings is 2. The van der Waals surface area contributed by atoms with Crippen LogP contribution in [-0.4, -0.2) is 38.8 Å². The molecule has 2 aromatic rings. The summed E-state index contributed by atoms with van der Waals surface area (Å²) in [5.74, 6) is -0.0612. The lowest BCUT2D eigenvalue weighted by Crippen LogP contribution is -2.32. The van der Waals surface area contributed by atoms with Crippen LogP contribution in [-0.2, 0) is 10.0 Å². The molecule has 0 aromatic heterocycles. The van der Waals surface area contributed by atoms with E-state index < -0.39 is 10.0 Å². The summed E-state index contributed by atoms with van der Waals surface area (Å²) in [5, 5.41) is 3.02. The number of sulfonamides is 1. The summed E-state index contributed by atoms with van der Waals surface area (Å²) in [6, 6.07) is 8.61. The van der Waals surface area contributed by atoms with Gasteiger partial charge in [0.25, 0.3) is 5.91 Å². The zero-order valence-electron chi connectivity index (χ0n) is 19.7. The summed E-state index contributed by atoms with van der Waals surface area (Å²) in [5.41, 5.74) is 4.84. The molecule has 1 heterocycles. The molecular formula is C25H34N2O4S. The van der Waals surface area contributed by atoms with E-state index in [0.29, 0.717) is 18.7 Å². The molecule has 1 aliphatic rings. The molecule has 1 atom stereocenters. The second kappa shape index (κ2) is 10.0. The summed E-state index contributed by atoms with van der Waals surface area (Å²) >= 11 is 0. The number of hydrogen-bond acceptors (Lipinski definition) is 4. The van der Waals surface area contributed by atoms with Crippen LogP contribution in [0.2, 0.25) is 0 Å². The van der Waals surface area contributed by atoms with Gasteiger partial charge in [0, 0.05) is 18.7 Å². The highest BCUT2D eigenvalue weighted by molar-refractivity contribution is 7.89. The average Bonchev–Trinajstić information content (AvgIpc) is 3.06. The average molecular weight is 459 g/mol. The van der Waals surface area contributed by atoms with Gasteiger partial charge in [-0.15, -0.1) is 0 Å². The molecule has 1 saturated heterocycles. The lowest BCUT2D eigenvalue weighted by molar-refractivity contribution is 0.0939. The number of ether oxygens (including phenoxy) is 1. The fourth-order valence-corrected chi connectivity index (χ4v) is 5.95. The first-order chi connectivity index (χ1) is 15.1. The molecule has 32 heavy (non-hydrogen) atoms. The summed E-state index contributed by atoms with van der Waals surface area (Å²) < 4.78 is 33.6. The van der Waals surface area contributed by atoms with Gasteiger partial charge < -0.3 is 10.1 Å². The third-order valence-corrected chi connectivity index (χ3v) is 8.22. The molecule has 0 unspecified atom stereocenters. The highest BCUT2D eigenvalue weighted by Crippen LogP contribution is 2.30. The van der Waals surface area contributed by atoms with E-state index in [-0.39, 0.29) is 22.6 Å². The molecule has 0 bridgehead atoms.